The predicted molar refractivity (Wildman–Crippen MR) is 344 cm³/mol. The molecule has 0 aromatic rings. The summed E-state index contributed by atoms with van der Waals surface area (Å²) in [6, 6.07) is 0. The van der Waals surface area contributed by atoms with Crippen molar-refractivity contribution in [3.8, 4) is 0 Å². The van der Waals surface area contributed by atoms with Crippen LogP contribution in [0.15, 0.2) is 24.3 Å². The number of allylic oxidation sites excluding steroid dienone is 2. The highest BCUT2D eigenvalue weighted by atomic mass is 16.8. The second-order valence-corrected chi connectivity index (χ2v) is 24.0. The normalized spacial score (nSPS) is 13.0. The van der Waals surface area contributed by atoms with Gasteiger partial charge in [-0.05, 0) is 89.2 Å². The summed E-state index contributed by atoms with van der Waals surface area (Å²) >= 11 is 0. The van der Waals surface area contributed by atoms with Crippen molar-refractivity contribution in [2.45, 2.75) is 400 Å². The van der Waals surface area contributed by atoms with E-state index in [0.29, 0.717) is 0 Å². The molecular formula is C72H142O7. The minimum atomic E-state index is -0.398. The van der Waals surface area contributed by atoms with Crippen LogP contribution in [0.1, 0.15) is 374 Å². The predicted octanol–water partition coefficient (Wildman–Crippen LogP) is 23.9. The number of ether oxygens (including phenoxy) is 7. The first-order chi connectivity index (χ1) is 39.1. The minimum absolute atomic E-state index is 0.00541. The molecule has 7 heteroatoms. The van der Waals surface area contributed by atoms with Gasteiger partial charge in [0.25, 0.3) is 0 Å². The van der Waals surface area contributed by atoms with Gasteiger partial charge < -0.3 is 33.2 Å². The van der Waals surface area contributed by atoms with Crippen LogP contribution in [0, 0.1) is 0 Å². The zero-order valence-corrected chi connectivity index (χ0v) is 54.5. The smallest absolute Gasteiger partial charge is 0.179 e. The first-order valence-corrected chi connectivity index (χ1v) is 35.7. The van der Waals surface area contributed by atoms with Crippen LogP contribution < -0.4 is 0 Å². The molecule has 0 saturated heterocycles. The van der Waals surface area contributed by atoms with Crippen molar-refractivity contribution in [1.29, 1.82) is 0 Å². The molecular weight excluding hydrogens is 977 g/mol. The third kappa shape index (κ3) is 63.1. The molecule has 0 radical (unpaired) electrons. The second kappa shape index (κ2) is 69.7. The lowest BCUT2D eigenvalue weighted by molar-refractivity contribution is -0.188. The zero-order valence-electron chi connectivity index (χ0n) is 54.5. The van der Waals surface area contributed by atoms with Crippen LogP contribution in [0.4, 0.5) is 0 Å². The van der Waals surface area contributed by atoms with Crippen molar-refractivity contribution in [2.24, 2.45) is 0 Å². The molecule has 7 nitrogen and oxygen atoms in total. The van der Waals surface area contributed by atoms with Crippen molar-refractivity contribution < 1.29 is 33.2 Å². The van der Waals surface area contributed by atoms with E-state index in [9.17, 15) is 0 Å². The Kier molecular flexibility index (Phi) is 69.0. The highest BCUT2D eigenvalue weighted by molar-refractivity contribution is 4.89. The summed E-state index contributed by atoms with van der Waals surface area (Å²) in [5, 5.41) is 0. The molecule has 472 valence electrons. The molecule has 79 heavy (non-hydrogen) atoms. The van der Waals surface area contributed by atoms with Gasteiger partial charge >= 0.3 is 0 Å². The van der Waals surface area contributed by atoms with Gasteiger partial charge in [0.1, 0.15) is 0 Å². The van der Waals surface area contributed by atoms with E-state index in [4.69, 9.17) is 33.2 Å². The number of rotatable bonds is 70. The van der Waals surface area contributed by atoms with E-state index in [1.54, 1.807) is 14.2 Å². The van der Waals surface area contributed by atoms with Gasteiger partial charge in [-0.25, -0.2) is 0 Å². The maximum Gasteiger partial charge on any atom is 0.179 e. The second-order valence-electron chi connectivity index (χ2n) is 24.0. The average molecular weight is 1120 g/mol. The number of hydrogen-bond donors (Lipinski definition) is 0. The molecule has 0 heterocycles. The Hall–Kier alpha value is -0.800. The molecule has 0 rings (SSSR count). The third-order valence-corrected chi connectivity index (χ3v) is 16.1. The fraction of sp³-hybridized carbons (Fsp3) is 0.944. The number of methoxy groups -OCH3 is 2. The van der Waals surface area contributed by atoms with Crippen molar-refractivity contribution in [2.75, 3.05) is 40.6 Å². The van der Waals surface area contributed by atoms with Gasteiger partial charge in [-0.3, -0.25) is 0 Å². The Balaban J connectivity index is 4.13. The summed E-state index contributed by atoms with van der Waals surface area (Å²) in [6.45, 7) is 12.6. The average Bonchev–Trinajstić information content (AvgIpc) is 3.46. The van der Waals surface area contributed by atoms with Gasteiger partial charge in [-0.1, -0.05) is 310 Å². The molecule has 0 aliphatic rings. The summed E-state index contributed by atoms with van der Waals surface area (Å²) < 4.78 is 42.6. The van der Waals surface area contributed by atoms with E-state index in [1.165, 1.54) is 321 Å². The fourth-order valence-corrected chi connectivity index (χ4v) is 10.8. The Morgan fingerprint density at radius 3 is 0.671 bits per heavy atom. The van der Waals surface area contributed by atoms with Crippen molar-refractivity contribution in [1.82, 2.24) is 0 Å². The lowest BCUT2D eigenvalue weighted by Crippen LogP contribution is -2.22. The first kappa shape index (κ1) is 78.2. The van der Waals surface area contributed by atoms with Crippen molar-refractivity contribution in [3.63, 3.8) is 0 Å². The van der Waals surface area contributed by atoms with E-state index < -0.39 is 12.6 Å². The highest BCUT2D eigenvalue weighted by Gasteiger charge is 2.13. The van der Waals surface area contributed by atoms with E-state index >= 15 is 0 Å². The third-order valence-electron chi connectivity index (χ3n) is 16.1. The molecule has 0 saturated carbocycles. The molecule has 0 amide bonds. The summed E-state index contributed by atoms with van der Waals surface area (Å²) in [4.78, 5) is 0. The topological polar surface area (TPSA) is 64.6 Å². The molecule has 0 spiro atoms. The van der Waals surface area contributed by atoms with Crippen LogP contribution >= 0.6 is 0 Å². The van der Waals surface area contributed by atoms with Gasteiger partial charge in [0.15, 0.2) is 25.2 Å². The molecule has 0 aromatic carbocycles. The standard InChI is InChI=1S/C72H142O7/c1-7-11-15-19-23-41-49-57-65-75-71(76-66-58-50-42-24-20-16-12-8-2)63-55-47-39-35-31-27-29-33-37-45-53-61-69(73-5)79-70(74-6)62-54-46-38-34-30-28-32-36-40-48-56-64-72(77-67-59-51-43-25-21-17-13-9-3)78-68-60-52-44-26-22-18-14-10-4/h53-54,61-62,69-72H,7-52,55-60,63-68H2,1-6H3. The van der Waals surface area contributed by atoms with Crippen molar-refractivity contribution in [3.05, 3.63) is 24.3 Å². The summed E-state index contributed by atoms with van der Waals surface area (Å²) in [7, 11) is 3.42. The minimum Gasteiger partial charge on any atom is -0.353 e. The molecule has 0 aromatic heterocycles. The molecule has 2 atom stereocenters. The van der Waals surface area contributed by atoms with Crippen LogP contribution in [0.5, 0.6) is 0 Å². The largest absolute Gasteiger partial charge is 0.353 e. The van der Waals surface area contributed by atoms with Gasteiger partial charge in [-0.2, -0.15) is 0 Å². The lowest BCUT2D eigenvalue weighted by atomic mass is 10.1. The van der Waals surface area contributed by atoms with Crippen LogP contribution in [0.2, 0.25) is 0 Å². The van der Waals surface area contributed by atoms with E-state index in [1.807, 2.05) is 12.2 Å². The molecule has 0 fully saturated rings. The van der Waals surface area contributed by atoms with Gasteiger partial charge in [-0.15, -0.1) is 0 Å². The molecule has 0 bridgehead atoms. The molecule has 0 aliphatic heterocycles. The Bertz CT molecular complexity index is 1020. The monoisotopic (exact) mass is 1120 g/mol. The summed E-state index contributed by atoms with van der Waals surface area (Å²) in [6.07, 6.45) is 78.2. The molecule has 2 unspecified atom stereocenters. The number of hydrogen-bond acceptors (Lipinski definition) is 7. The first-order valence-electron chi connectivity index (χ1n) is 35.7. The summed E-state index contributed by atoms with van der Waals surface area (Å²) in [5.41, 5.74) is 0. The number of unbranched alkanes of at least 4 members (excludes halogenated alkanes) is 46. The molecule has 0 aliphatic carbocycles. The fourth-order valence-electron chi connectivity index (χ4n) is 10.8. The Morgan fingerprint density at radius 2 is 0.443 bits per heavy atom. The van der Waals surface area contributed by atoms with Crippen LogP contribution in [-0.4, -0.2) is 65.8 Å². The van der Waals surface area contributed by atoms with E-state index in [-0.39, 0.29) is 12.6 Å². The van der Waals surface area contributed by atoms with E-state index in [0.717, 1.165) is 52.1 Å². The molecule has 0 N–H and O–H groups in total. The Morgan fingerprint density at radius 1 is 0.241 bits per heavy atom. The SMILES string of the molecule is CCCCCCCCCCOC(CCCCCCCCCCCC=CC(OC)OC(C=CCCCCCCCCCCCC(OCCCCCCCCCC)OCCCCCCCCCC)OC)OCCCCCCCCCC. The summed E-state index contributed by atoms with van der Waals surface area (Å²) in [5.74, 6) is 0. The van der Waals surface area contributed by atoms with Crippen LogP contribution in [0.3, 0.4) is 0 Å². The van der Waals surface area contributed by atoms with Gasteiger partial charge in [0, 0.05) is 40.6 Å². The maximum atomic E-state index is 6.32. The highest BCUT2D eigenvalue weighted by Crippen LogP contribution is 2.19. The van der Waals surface area contributed by atoms with Crippen LogP contribution in [0.25, 0.3) is 0 Å². The lowest BCUT2D eigenvalue weighted by Gasteiger charge is -2.19. The quantitative estimate of drug-likeness (QED) is 0.0342. The Labute approximate surface area is 495 Å². The van der Waals surface area contributed by atoms with Crippen molar-refractivity contribution >= 4 is 0 Å². The van der Waals surface area contributed by atoms with Gasteiger partial charge in [0.05, 0.1) is 0 Å². The maximum absolute atomic E-state index is 6.32. The van der Waals surface area contributed by atoms with Crippen LogP contribution in [-0.2, 0) is 33.2 Å². The zero-order chi connectivity index (χ0) is 57.1. The van der Waals surface area contributed by atoms with E-state index in [2.05, 4.69) is 39.8 Å². The van der Waals surface area contributed by atoms with Gasteiger partial charge in [0.2, 0.25) is 0 Å².